The summed E-state index contributed by atoms with van der Waals surface area (Å²) in [6.07, 6.45) is 1.34. The molecule has 0 amide bonds. The molecule has 1 aromatic carbocycles. The Morgan fingerprint density at radius 2 is 2.15 bits per heavy atom. The average molecular weight is 217 g/mol. The first-order valence-electron chi connectivity index (χ1n) is 3.45. The lowest BCUT2D eigenvalue weighted by atomic mass is 10.2. The molecule has 0 aromatic heterocycles. The van der Waals surface area contributed by atoms with Crippen molar-refractivity contribution in [2.24, 2.45) is 0 Å². The third-order valence-electron chi connectivity index (χ3n) is 1.35. The summed E-state index contributed by atoms with van der Waals surface area (Å²) in [5.41, 5.74) is 0.667. The van der Waals surface area contributed by atoms with E-state index in [0.29, 0.717) is 10.6 Å². The smallest absolute Gasteiger partial charge is 0.347 e. The van der Waals surface area contributed by atoms with E-state index in [1.807, 2.05) is 0 Å². The van der Waals surface area contributed by atoms with E-state index in [-0.39, 0.29) is 5.03 Å². The van der Waals surface area contributed by atoms with Gasteiger partial charge in [0.05, 0.1) is 0 Å². The van der Waals surface area contributed by atoms with Crippen molar-refractivity contribution < 1.29 is 9.90 Å². The number of carboxylic acids is 1. The highest BCUT2D eigenvalue weighted by Gasteiger charge is 2.02. The van der Waals surface area contributed by atoms with E-state index < -0.39 is 5.97 Å². The molecule has 0 heterocycles. The fourth-order valence-electron chi connectivity index (χ4n) is 0.804. The van der Waals surface area contributed by atoms with Crippen molar-refractivity contribution in [2.75, 3.05) is 0 Å². The molecule has 0 fully saturated rings. The van der Waals surface area contributed by atoms with Gasteiger partial charge in [0.25, 0.3) is 0 Å². The van der Waals surface area contributed by atoms with Gasteiger partial charge in [-0.25, -0.2) is 4.79 Å². The highest BCUT2D eigenvalue weighted by molar-refractivity contribution is 6.43. The topological polar surface area (TPSA) is 37.3 Å². The van der Waals surface area contributed by atoms with Crippen molar-refractivity contribution in [2.45, 2.75) is 0 Å². The molecule has 0 bridgehead atoms. The second-order valence-corrected chi connectivity index (χ2v) is 3.20. The van der Waals surface area contributed by atoms with E-state index in [9.17, 15) is 4.79 Å². The van der Waals surface area contributed by atoms with E-state index >= 15 is 0 Å². The molecule has 1 N–H and O–H groups in total. The lowest BCUT2D eigenvalue weighted by molar-refractivity contribution is -0.131. The summed E-state index contributed by atoms with van der Waals surface area (Å²) in [6.45, 7) is 0. The number of carboxylic acid groups (broad SMARTS) is 1. The molecular formula is C9H6Cl2O2. The summed E-state index contributed by atoms with van der Waals surface area (Å²) in [6, 6.07) is 6.78. The van der Waals surface area contributed by atoms with Crippen LogP contribution in [-0.2, 0) is 4.79 Å². The maximum atomic E-state index is 10.4. The summed E-state index contributed by atoms with van der Waals surface area (Å²) in [5, 5.41) is 8.79. The quantitative estimate of drug-likeness (QED) is 0.773. The first-order valence-corrected chi connectivity index (χ1v) is 4.21. The lowest BCUT2D eigenvalue weighted by Crippen LogP contribution is -1.92. The van der Waals surface area contributed by atoms with Gasteiger partial charge in [-0.2, -0.15) is 0 Å². The van der Waals surface area contributed by atoms with Gasteiger partial charge < -0.3 is 5.11 Å². The van der Waals surface area contributed by atoms with E-state index in [1.54, 1.807) is 24.3 Å². The fraction of sp³-hybridized carbons (Fsp3) is 0. The fourth-order valence-corrected chi connectivity index (χ4v) is 1.13. The Hall–Kier alpha value is -0.990. The molecule has 0 unspecified atom stereocenters. The predicted molar refractivity (Wildman–Crippen MR) is 52.9 cm³/mol. The van der Waals surface area contributed by atoms with Crippen molar-refractivity contribution in [3.05, 3.63) is 39.9 Å². The van der Waals surface area contributed by atoms with E-state index in [1.165, 1.54) is 6.08 Å². The van der Waals surface area contributed by atoms with Gasteiger partial charge in [-0.1, -0.05) is 35.3 Å². The Morgan fingerprint density at radius 3 is 2.69 bits per heavy atom. The number of hydrogen-bond acceptors (Lipinski definition) is 1. The number of aliphatic carboxylic acids is 1. The first kappa shape index (κ1) is 10.1. The van der Waals surface area contributed by atoms with Crippen LogP contribution in [0, 0.1) is 0 Å². The number of hydrogen-bond donors (Lipinski definition) is 1. The van der Waals surface area contributed by atoms with Gasteiger partial charge in [0.1, 0.15) is 5.03 Å². The highest BCUT2D eigenvalue weighted by atomic mass is 35.5. The summed E-state index contributed by atoms with van der Waals surface area (Å²) in [4.78, 5) is 10.4. The van der Waals surface area contributed by atoms with Gasteiger partial charge in [0.2, 0.25) is 0 Å². The van der Waals surface area contributed by atoms with Crippen LogP contribution in [0.1, 0.15) is 5.56 Å². The van der Waals surface area contributed by atoms with Gasteiger partial charge in [-0.05, 0) is 23.8 Å². The summed E-state index contributed by atoms with van der Waals surface area (Å²) >= 11 is 11.1. The summed E-state index contributed by atoms with van der Waals surface area (Å²) in [7, 11) is 0. The number of halogens is 2. The maximum Gasteiger partial charge on any atom is 0.347 e. The van der Waals surface area contributed by atoms with E-state index in [0.717, 1.165) is 0 Å². The lowest BCUT2D eigenvalue weighted by Gasteiger charge is -1.94. The Balaban J connectivity index is 2.97. The monoisotopic (exact) mass is 216 g/mol. The third kappa shape index (κ3) is 3.09. The van der Waals surface area contributed by atoms with Gasteiger partial charge in [-0.3, -0.25) is 0 Å². The van der Waals surface area contributed by atoms with Crippen molar-refractivity contribution >= 4 is 35.2 Å². The van der Waals surface area contributed by atoms with Gasteiger partial charge in [0, 0.05) is 5.02 Å². The second kappa shape index (κ2) is 4.30. The van der Waals surface area contributed by atoms with Crippen molar-refractivity contribution in [1.29, 1.82) is 0 Å². The van der Waals surface area contributed by atoms with Crippen molar-refractivity contribution in [3.63, 3.8) is 0 Å². The molecule has 0 aliphatic heterocycles. The zero-order valence-corrected chi connectivity index (χ0v) is 8.01. The molecule has 2 nitrogen and oxygen atoms in total. The summed E-state index contributed by atoms with van der Waals surface area (Å²) in [5.74, 6) is -1.15. The van der Waals surface area contributed by atoms with E-state index in [2.05, 4.69) is 0 Å². The molecule has 1 aromatic rings. The molecule has 0 radical (unpaired) electrons. The minimum absolute atomic E-state index is 0.234. The van der Waals surface area contributed by atoms with Crippen LogP contribution in [-0.4, -0.2) is 11.1 Å². The molecule has 13 heavy (non-hydrogen) atoms. The largest absolute Gasteiger partial charge is 0.477 e. The Kier molecular flexibility index (Phi) is 3.34. The van der Waals surface area contributed by atoms with Crippen LogP contribution in [0.15, 0.2) is 29.3 Å². The minimum Gasteiger partial charge on any atom is -0.477 e. The van der Waals surface area contributed by atoms with Gasteiger partial charge in [0.15, 0.2) is 0 Å². The highest BCUT2D eigenvalue weighted by Crippen LogP contribution is 2.15. The van der Waals surface area contributed by atoms with Gasteiger partial charge >= 0.3 is 5.97 Å². The van der Waals surface area contributed by atoms with Crippen molar-refractivity contribution in [3.8, 4) is 0 Å². The van der Waals surface area contributed by atoms with Crippen LogP contribution < -0.4 is 0 Å². The van der Waals surface area contributed by atoms with Crippen LogP contribution in [0.3, 0.4) is 0 Å². The Bertz CT molecular complexity index is 358. The number of carbonyl (C=O) groups is 1. The number of benzene rings is 1. The number of rotatable bonds is 2. The normalized spacial score (nSPS) is 11.4. The molecule has 0 spiro atoms. The Labute approximate surface area is 85.4 Å². The molecule has 1 rings (SSSR count). The zero-order valence-electron chi connectivity index (χ0n) is 6.50. The molecule has 68 valence electrons. The molecule has 0 saturated heterocycles. The van der Waals surface area contributed by atoms with Gasteiger partial charge in [-0.15, -0.1) is 0 Å². The first-order chi connectivity index (χ1) is 6.09. The zero-order chi connectivity index (χ0) is 9.84. The van der Waals surface area contributed by atoms with Crippen LogP contribution in [0.25, 0.3) is 6.08 Å². The molecule has 0 atom stereocenters. The van der Waals surface area contributed by atoms with Crippen LogP contribution in [0.4, 0.5) is 0 Å². The minimum atomic E-state index is -1.15. The van der Waals surface area contributed by atoms with E-state index in [4.69, 9.17) is 28.3 Å². The summed E-state index contributed by atoms with van der Waals surface area (Å²) < 4.78 is 0. The maximum absolute atomic E-state index is 10.4. The third-order valence-corrected chi connectivity index (χ3v) is 1.85. The molecule has 0 aliphatic carbocycles. The Morgan fingerprint density at radius 1 is 1.46 bits per heavy atom. The second-order valence-electron chi connectivity index (χ2n) is 2.35. The molecule has 0 saturated carbocycles. The van der Waals surface area contributed by atoms with Crippen LogP contribution in [0.2, 0.25) is 5.02 Å². The molecule has 0 aliphatic rings. The van der Waals surface area contributed by atoms with Crippen molar-refractivity contribution in [1.82, 2.24) is 0 Å². The molecule has 4 heteroatoms. The average Bonchev–Trinajstić information content (AvgIpc) is 2.04. The van der Waals surface area contributed by atoms with Crippen LogP contribution >= 0.6 is 23.2 Å². The molecular weight excluding hydrogens is 211 g/mol. The van der Waals surface area contributed by atoms with Crippen LogP contribution in [0.5, 0.6) is 0 Å². The predicted octanol–water partition coefficient (Wildman–Crippen LogP) is 3.00. The standard InChI is InChI=1S/C9H6Cl2O2/c10-7-3-1-2-6(4-7)5-8(11)9(12)13/h1-5H,(H,12,13). The SMILES string of the molecule is O=C(O)C(Cl)=Cc1cccc(Cl)c1.